The molecule has 0 saturated carbocycles. The number of hydrogen-bond acceptors (Lipinski definition) is 12. The Kier molecular flexibility index (Phi) is 12.9. The molecule has 4 rings (SSSR count). The summed E-state index contributed by atoms with van der Waals surface area (Å²) in [6.45, 7) is 20.0. The molecule has 3 atom stereocenters. The highest BCUT2D eigenvalue weighted by Crippen LogP contribution is 2.27. The van der Waals surface area contributed by atoms with E-state index in [0.717, 1.165) is 5.76 Å². The number of hydrogen-bond donors (Lipinski definition) is 0. The summed E-state index contributed by atoms with van der Waals surface area (Å²) >= 11 is 0. The summed E-state index contributed by atoms with van der Waals surface area (Å²) in [5, 5.41) is 0. The molecule has 4 heterocycles. The summed E-state index contributed by atoms with van der Waals surface area (Å²) in [4.78, 5) is 42.9. The van der Waals surface area contributed by atoms with Gasteiger partial charge in [0.05, 0.1) is 12.4 Å². The van der Waals surface area contributed by atoms with Crippen LogP contribution in [0.4, 0.5) is 0 Å². The quantitative estimate of drug-likeness (QED) is 0.487. The van der Waals surface area contributed by atoms with Gasteiger partial charge in [-0.25, -0.2) is 0 Å². The van der Waals surface area contributed by atoms with E-state index < -0.39 is 25.3 Å². The molecule has 12 nitrogen and oxygen atoms in total. The Morgan fingerprint density at radius 3 is 1.57 bits per heavy atom. The lowest BCUT2D eigenvalue weighted by Crippen LogP contribution is -2.32. The van der Waals surface area contributed by atoms with Crippen LogP contribution in [0.25, 0.3) is 0 Å². The fraction of sp³-hybridized carbons (Fsp3) is 0.714. The van der Waals surface area contributed by atoms with Crippen molar-refractivity contribution in [2.45, 2.75) is 86.6 Å². The molecule has 4 aliphatic heterocycles. The van der Waals surface area contributed by atoms with Crippen molar-refractivity contribution < 1.29 is 56.4 Å². The molecule has 0 aromatic carbocycles. The fourth-order valence-electron chi connectivity index (χ4n) is 3.15. The van der Waals surface area contributed by atoms with Crippen LogP contribution in [0.3, 0.4) is 0 Å². The molecule has 37 heavy (non-hydrogen) atoms. The summed E-state index contributed by atoms with van der Waals surface area (Å²) in [6.07, 6.45) is -1.34. The molecular formula is C21H36B4O12. The average molecular weight is 524 g/mol. The van der Waals surface area contributed by atoms with E-state index in [1.807, 2.05) is 27.6 Å². The van der Waals surface area contributed by atoms with Crippen LogP contribution in [0, 0.1) is 5.41 Å². The Hall–Kier alpha value is -2.28. The van der Waals surface area contributed by atoms with E-state index in [9.17, 15) is 19.2 Å². The number of ketones is 1. The Labute approximate surface area is 219 Å². The van der Waals surface area contributed by atoms with Gasteiger partial charge in [-0.1, -0.05) is 27.4 Å². The topological polar surface area (TPSA) is 142 Å². The minimum absolute atomic E-state index is 0.0685. The molecule has 4 saturated heterocycles. The highest BCUT2D eigenvalue weighted by atomic mass is 16.7. The third-order valence-corrected chi connectivity index (χ3v) is 4.81. The van der Waals surface area contributed by atoms with Crippen molar-refractivity contribution >= 4 is 52.2 Å². The Bertz CT molecular complexity index is 833. The second kappa shape index (κ2) is 14.6. The van der Waals surface area contributed by atoms with Gasteiger partial charge in [-0.15, -0.1) is 0 Å². The van der Waals surface area contributed by atoms with E-state index in [1.165, 1.54) is 6.92 Å². The lowest BCUT2D eigenvalue weighted by Gasteiger charge is -2.22. The van der Waals surface area contributed by atoms with Crippen molar-refractivity contribution in [3.63, 3.8) is 0 Å². The number of carbonyl (C=O) groups is 4. The van der Waals surface area contributed by atoms with Gasteiger partial charge in [0.15, 0.2) is 0 Å². The van der Waals surface area contributed by atoms with Crippen molar-refractivity contribution in [2.75, 3.05) is 6.61 Å². The zero-order valence-electron chi connectivity index (χ0n) is 23.1. The van der Waals surface area contributed by atoms with Gasteiger partial charge >= 0.3 is 46.4 Å². The molecule has 0 amide bonds. The third kappa shape index (κ3) is 12.2. The number of Topliss-reactive ketones (excluding diaryl/α,β-unsaturated/α-hetero) is 1. The van der Waals surface area contributed by atoms with E-state index >= 15 is 0 Å². The maximum atomic E-state index is 11.1. The molecular weight excluding hydrogens is 487 g/mol. The van der Waals surface area contributed by atoms with Gasteiger partial charge < -0.3 is 37.2 Å². The Balaban J connectivity index is 0.000000251. The molecule has 0 aromatic heterocycles. The van der Waals surface area contributed by atoms with Crippen molar-refractivity contribution in [1.29, 1.82) is 0 Å². The molecule has 0 spiro atoms. The minimum atomic E-state index is -0.678. The highest BCUT2D eigenvalue weighted by Gasteiger charge is 2.43. The zero-order chi connectivity index (χ0) is 28.5. The predicted octanol–water partition coefficient (Wildman–Crippen LogP) is 1.85. The van der Waals surface area contributed by atoms with Crippen LogP contribution >= 0.6 is 0 Å². The van der Waals surface area contributed by atoms with Gasteiger partial charge in [-0.05, 0) is 46.6 Å². The van der Waals surface area contributed by atoms with Crippen LogP contribution in [0.5, 0.6) is 0 Å². The van der Waals surface area contributed by atoms with Gasteiger partial charge in [0.1, 0.15) is 24.1 Å². The van der Waals surface area contributed by atoms with E-state index in [2.05, 4.69) is 15.9 Å². The van der Waals surface area contributed by atoms with Crippen molar-refractivity contribution in [2.24, 2.45) is 5.41 Å². The summed E-state index contributed by atoms with van der Waals surface area (Å²) < 4.78 is 39.2. The molecule has 4 fully saturated rings. The molecule has 0 bridgehead atoms. The van der Waals surface area contributed by atoms with Crippen LogP contribution in [0.15, 0.2) is 12.3 Å². The normalized spacial score (nSPS) is 24.6. The standard InChI is InChI=1S/C7H13BO3.C6H9BO4.C4H7BO3.C4H7BO2/c1-7(2,3)5-6(9)11-8(4)10-5;1-4(8)3-5-6(9)11-7(2)10-5;1-3-4(6)8-5(2)7-3;1-4-3-6-5(2)7-4/h5H,1-4H3;5H,3H2,1-2H3;3H,1-2H3;1,3H2,2H3. The van der Waals surface area contributed by atoms with Crippen LogP contribution < -0.4 is 0 Å². The van der Waals surface area contributed by atoms with E-state index in [0.29, 0.717) is 6.61 Å². The number of rotatable bonds is 2. The number of carbonyl (C=O) groups excluding carboxylic acids is 4. The van der Waals surface area contributed by atoms with Gasteiger partial charge in [0.2, 0.25) is 0 Å². The van der Waals surface area contributed by atoms with Gasteiger partial charge in [0.25, 0.3) is 0 Å². The monoisotopic (exact) mass is 524 g/mol. The van der Waals surface area contributed by atoms with Crippen molar-refractivity contribution in [3.8, 4) is 0 Å². The molecule has 16 heteroatoms. The largest absolute Gasteiger partial charge is 0.538 e. The van der Waals surface area contributed by atoms with Crippen LogP contribution in [0.1, 0.15) is 41.0 Å². The van der Waals surface area contributed by atoms with Gasteiger partial charge in [-0.3, -0.25) is 19.2 Å². The smallest absolute Gasteiger partial charge is 0.524 e. The Morgan fingerprint density at radius 2 is 1.35 bits per heavy atom. The SMILES string of the molecule is C=C1COB(C)O1.CB1OC(=O)C(C(C)(C)C)O1.CB1OC(=O)C(C)O1.CB1OC(=O)C(CC(C)=O)O1. The maximum absolute atomic E-state index is 11.1. The van der Waals surface area contributed by atoms with E-state index in [-0.39, 0.29) is 57.0 Å². The summed E-state index contributed by atoms with van der Waals surface area (Å²) in [5.74, 6) is -0.288. The Morgan fingerprint density at radius 1 is 0.838 bits per heavy atom. The van der Waals surface area contributed by atoms with Gasteiger partial charge in [-0.2, -0.15) is 0 Å². The summed E-state index contributed by atoms with van der Waals surface area (Å²) in [5.41, 5.74) is -0.165. The maximum Gasteiger partial charge on any atom is 0.524 e. The molecule has 0 N–H and O–H groups in total. The van der Waals surface area contributed by atoms with E-state index in [4.69, 9.17) is 27.9 Å². The van der Waals surface area contributed by atoms with Crippen LogP contribution in [-0.2, 0) is 56.4 Å². The first-order valence-electron chi connectivity index (χ1n) is 12.0. The van der Waals surface area contributed by atoms with Crippen LogP contribution in [0.2, 0.25) is 27.3 Å². The minimum Gasteiger partial charge on any atom is -0.538 e. The highest BCUT2D eigenvalue weighted by molar-refractivity contribution is 6.48. The van der Waals surface area contributed by atoms with Crippen molar-refractivity contribution in [3.05, 3.63) is 12.3 Å². The lowest BCUT2D eigenvalue weighted by atomic mass is 9.88. The van der Waals surface area contributed by atoms with E-state index in [1.54, 1.807) is 27.4 Å². The molecule has 0 aliphatic carbocycles. The second-order valence-corrected chi connectivity index (χ2v) is 9.74. The third-order valence-electron chi connectivity index (χ3n) is 4.81. The first-order chi connectivity index (χ1) is 17.0. The van der Waals surface area contributed by atoms with Crippen LogP contribution in [-0.4, -0.2) is 77.1 Å². The zero-order valence-corrected chi connectivity index (χ0v) is 23.1. The fourth-order valence-corrected chi connectivity index (χ4v) is 3.15. The molecule has 3 unspecified atom stereocenters. The molecule has 0 aromatic rings. The second-order valence-electron chi connectivity index (χ2n) is 9.74. The molecule has 4 aliphatic rings. The predicted molar refractivity (Wildman–Crippen MR) is 136 cm³/mol. The molecule has 0 radical (unpaired) electrons. The molecule has 204 valence electrons. The summed E-state index contributed by atoms with van der Waals surface area (Å²) in [6, 6.07) is 0. The lowest BCUT2D eigenvalue weighted by molar-refractivity contribution is -0.140. The first kappa shape index (κ1) is 32.7. The van der Waals surface area contributed by atoms with Gasteiger partial charge in [0, 0.05) is 6.42 Å². The average Bonchev–Trinajstić information content (AvgIpc) is 3.46. The summed E-state index contributed by atoms with van der Waals surface area (Å²) in [7, 11) is -1.32. The van der Waals surface area contributed by atoms with Crippen molar-refractivity contribution in [1.82, 2.24) is 0 Å². The first-order valence-corrected chi connectivity index (χ1v) is 12.0.